The molecule has 16 heavy (non-hydrogen) atoms. The first kappa shape index (κ1) is 13.9. The van der Waals surface area contributed by atoms with E-state index >= 15 is 0 Å². The lowest BCUT2D eigenvalue weighted by atomic mass is 9.89. The lowest BCUT2D eigenvalue weighted by Crippen LogP contribution is -2.34. The van der Waals surface area contributed by atoms with Gasteiger partial charge in [-0.2, -0.15) is 0 Å². The molecular weight excluding hydrogens is 220 g/mol. The molecule has 4 heteroatoms. The third-order valence-electron chi connectivity index (χ3n) is 3.63. The minimum Gasteiger partial charge on any atom is -0.396 e. The molecule has 1 aliphatic heterocycles. The van der Waals surface area contributed by atoms with Gasteiger partial charge in [-0.1, -0.05) is 26.1 Å². The van der Waals surface area contributed by atoms with Crippen LogP contribution in [0.4, 0.5) is 0 Å². The highest BCUT2D eigenvalue weighted by Gasteiger charge is 2.26. The third kappa shape index (κ3) is 4.00. The smallest absolute Gasteiger partial charge is 0.0784 e. The van der Waals surface area contributed by atoms with Gasteiger partial charge in [0.25, 0.3) is 0 Å². The quantitative estimate of drug-likeness (QED) is 0.693. The topological polar surface area (TPSA) is 49.5 Å². The summed E-state index contributed by atoms with van der Waals surface area (Å²) in [6, 6.07) is 0. The maximum atomic E-state index is 8.89. The van der Waals surface area contributed by atoms with Crippen LogP contribution in [0, 0.1) is 11.3 Å². The van der Waals surface area contributed by atoms with Crippen molar-refractivity contribution in [3.8, 4) is 0 Å². The van der Waals surface area contributed by atoms with Crippen LogP contribution in [0.5, 0.6) is 0 Å². The van der Waals surface area contributed by atoms with Crippen molar-refractivity contribution in [2.75, 3.05) is 26.2 Å². The summed E-state index contributed by atoms with van der Waals surface area (Å²) >= 11 is 5.06. The standard InChI is InChI=1S/C12H24N2OS/c1-12(2,11(13)16)5-7-14-6-3-10(9-14)4-8-15/h10,15H,3-9H2,1-2H3,(H2,13,16). The normalized spacial score (nSPS) is 22.6. The molecule has 1 saturated heterocycles. The molecule has 0 bridgehead atoms. The molecule has 1 fully saturated rings. The number of thiocarbonyl (C=S) groups is 1. The van der Waals surface area contributed by atoms with E-state index in [9.17, 15) is 0 Å². The molecule has 1 heterocycles. The molecule has 0 aromatic heterocycles. The van der Waals surface area contributed by atoms with Crippen LogP contribution in [0.15, 0.2) is 0 Å². The van der Waals surface area contributed by atoms with E-state index in [-0.39, 0.29) is 5.41 Å². The van der Waals surface area contributed by atoms with Crippen LogP contribution in [-0.2, 0) is 0 Å². The summed E-state index contributed by atoms with van der Waals surface area (Å²) in [7, 11) is 0. The fraction of sp³-hybridized carbons (Fsp3) is 0.917. The Balaban J connectivity index is 2.27. The van der Waals surface area contributed by atoms with E-state index in [1.165, 1.54) is 6.42 Å². The van der Waals surface area contributed by atoms with Crippen LogP contribution in [-0.4, -0.2) is 41.2 Å². The maximum absolute atomic E-state index is 8.89. The molecule has 1 aliphatic rings. The maximum Gasteiger partial charge on any atom is 0.0784 e. The number of nitrogens with two attached hydrogens (primary N) is 1. The molecule has 1 unspecified atom stereocenters. The molecular formula is C12H24N2OS. The largest absolute Gasteiger partial charge is 0.396 e. The Morgan fingerprint density at radius 2 is 2.25 bits per heavy atom. The molecule has 0 radical (unpaired) electrons. The molecule has 3 nitrogen and oxygen atoms in total. The predicted octanol–water partition coefficient (Wildman–Crippen LogP) is 1.39. The van der Waals surface area contributed by atoms with Crippen LogP contribution >= 0.6 is 12.2 Å². The van der Waals surface area contributed by atoms with Crippen LogP contribution in [0.2, 0.25) is 0 Å². The summed E-state index contributed by atoms with van der Waals surface area (Å²) < 4.78 is 0. The molecule has 0 spiro atoms. The Morgan fingerprint density at radius 1 is 1.56 bits per heavy atom. The predicted molar refractivity (Wildman–Crippen MR) is 71.4 cm³/mol. The average molecular weight is 244 g/mol. The van der Waals surface area contributed by atoms with Crippen LogP contribution in [0.25, 0.3) is 0 Å². The molecule has 0 aliphatic carbocycles. The number of rotatable bonds is 6. The van der Waals surface area contributed by atoms with Gasteiger partial charge in [-0.3, -0.25) is 0 Å². The number of hydrogen-bond donors (Lipinski definition) is 2. The molecule has 0 aromatic rings. The van der Waals surface area contributed by atoms with Gasteiger partial charge in [0.2, 0.25) is 0 Å². The van der Waals surface area contributed by atoms with Crippen molar-refractivity contribution >= 4 is 17.2 Å². The molecule has 3 N–H and O–H groups in total. The van der Waals surface area contributed by atoms with E-state index in [1.807, 2.05) is 0 Å². The SMILES string of the molecule is CC(C)(CCN1CCC(CCO)C1)C(N)=S. The van der Waals surface area contributed by atoms with E-state index in [0.29, 0.717) is 17.5 Å². The molecule has 1 rings (SSSR count). The van der Waals surface area contributed by atoms with Gasteiger partial charge in [-0.05, 0) is 38.3 Å². The van der Waals surface area contributed by atoms with Gasteiger partial charge in [0, 0.05) is 18.6 Å². The molecule has 0 aromatic carbocycles. The first-order valence-electron chi connectivity index (χ1n) is 6.09. The van der Waals surface area contributed by atoms with Crippen LogP contribution < -0.4 is 5.73 Å². The minimum atomic E-state index is -0.0373. The lowest BCUT2D eigenvalue weighted by Gasteiger charge is -2.26. The van der Waals surface area contributed by atoms with Gasteiger partial charge in [-0.25, -0.2) is 0 Å². The lowest BCUT2D eigenvalue weighted by molar-refractivity contribution is 0.244. The zero-order chi connectivity index (χ0) is 12.2. The summed E-state index contributed by atoms with van der Waals surface area (Å²) in [5.74, 6) is 0.679. The van der Waals surface area contributed by atoms with Crippen molar-refractivity contribution in [1.29, 1.82) is 0 Å². The first-order valence-corrected chi connectivity index (χ1v) is 6.49. The van der Waals surface area contributed by atoms with Gasteiger partial charge in [0.1, 0.15) is 0 Å². The number of aliphatic hydroxyl groups excluding tert-OH is 1. The fourth-order valence-electron chi connectivity index (χ4n) is 2.09. The zero-order valence-corrected chi connectivity index (χ0v) is 11.2. The van der Waals surface area contributed by atoms with E-state index in [1.54, 1.807) is 0 Å². The highest BCUT2D eigenvalue weighted by atomic mass is 32.1. The number of aliphatic hydroxyl groups is 1. The molecule has 0 amide bonds. The summed E-state index contributed by atoms with van der Waals surface area (Å²) in [5, 5.41) is 8.89. The van der Waals surface area contributed by atoms with Gasteiger partial charge >= 0.3 is 0 Å². The van der Waals surface area contributed by atoms with Crippen molar-refractivity contribution in [3.63, 3.8) is 0 Å². The summed E-state index contributed by atoms with van der Waals surface area (Å²) in [4.78, 5) is 3.07. The van der Waals surface area contributed by atoms with Crippen LogP contribution in [0.1, 0.15) is 33.1 Å². The number of nitrogens with zero attached hydrogens (tertiary/aromatic N) is 1. The van der Waals surface area contributed by atoms with Gasteiger partial charge in [0.15, 0.2) is 0 Å². The second-order valence-electron chi connectivity index (χ2n) is 5.47. The van der Waals surface area contributed by atoms with E-state index in [2.05, 4.69) is 18.7 Å². The van der Waals surface area contributed by atoms with E-state index < -0.39 is 0 Å². The monoisotopic (exact) mass is 244 g/mol. The number of likely N-dealkylation sites (tertiary alicyclic amines) is 1. The second-order valence-corrected chi connectivity index (χ2v) is 5.91. The van der Waals surface area contributed by atoms with Crippen molar-refractivity contribution in [2.45, 2.75) is 33.1 Å². The third-order valence-corrected chi connectivity index (χ3v) is 4.18. The van der Waals surface area contributed by atoms with Crippen molar-refractivity contribution in [1.82, 2.24) is 4.90 Å². The van der Waals surface area contributed by atoms with Gasteiger partial charge < -0.3 is 15.7 Å². The average Bonchev–Trinajstić information content (AvgIpc) is 2.63. The van der Waals surface area contributed by atoms with Gasteiger partial charge in [-0.15, -0.1) is 0 Å². The second kappa shape index (κ2) is 5.94. The molecule has 0 saturated carbocycles. The molecule has 1 atom stereocenters. The van der Waals surface area contributed by atoms with Crippen molar-refractivity contribution in [2.24, 2.45) is 17.1 Å². The summed E-state index contributed by atoms with van der Waals surface area (Å²) in [5.41, 5.74) is 5.67. The van der Waals surface area contributed by atoms with E-state index in [0.717, 1.165) is 32.5 Å². The van der Waals surface area contributed by atoms with Crippen LogP contribution in [0.3, 0.4) is 0 Å². The Kier molecular flexibility index (Phi) is 5.15. The Hall–Kier alpha value is -0.190. The zero-order valence-electron chi connectivity index (χ0n) is 10.4. The Morgan fingerprint density at radius 3 is 2.81 bits per heavy atom. The van der Waals surface area contributed by atoms with E-state index in [4.69, 9.17) is 23.1 Å². The fourth-order valence-corrected chi connectivity index (χ4v) is 2.20. The minimum absolute atomic E-state index is 0.0373. The summed E-state index contributed by atoms with van der Waals surface area (Å²) in [6.45, 7) is 7.86. The molecule has 94 valence electrons. The van der Waals surface area contributed by atoms with Gasteiger partial charge in [0.05, 0.1) is 4.99 Å². The summed E-state index contributed by atoms with van der Waals surface area (Å²) in [6.07, 6.45) is 3.18. The first-order chi connectivity index (χ1) is 7.45. The Bertz CT molecular complexity index is 243. The number of hydrogen-bond acceptors (Lipinski definition) is 3. The van der Waals surface area contributed by atoms with Crippen molar-refractivity contribution in [3.05, 3.63) is 0 Å². The highest BCUT2D eigenvalue weighted by molar-refractivity contribution is 7.80. The Labute approximate surface area is 104 Å². The highest BCUT2D eigenvalue weighted by Crippen LogP contribution is 2.24. The van der Waals surface area contributed by atoms with Crippen molar-refractivity contribution < 1.29 is 5.11 Å².